The van der Waals surface area contributed by atoms with Gasteiger partial charge in [-0.15, -0.1) is 0 Å². The van der Waals surface area contributed by atoms with Gasteiger partial charge in [-0.1, -0.05) is 12.2 Å². The molecule has 0 fully saturated rings. The number of aromatic nitrogens is 1. The summed E-state index contributed by atoms with van der Waals surface area (Å²) in [6.45, 7) is 4.29. The Morgan fingerprint density at radius 1 is 1.43 bits per heavy atom. The lowest BCUT2D eigenvalue weighted by atomic mass is 9.94. The largest absolute Gasteiger partial charge is 0.356 e. The van der Waals surface area contributed by atoms with Gasteiger partial charge in [0, 0.05) is 18.7 Å². The second-order valence-electron chi connectivity index (χ2n) is 6.12. The Labute approximate surface area is 136 Å². The van der Waals surface area contributed by atoms with Crippen LogP contribution in [0.15, 0.2) is 16.9 Å². The topological polar surface area (TPSA) is 85.8 Å². The van der Waals surface area contributed by atoms with Gasteiger partial charge in [0.2, 0.25) is 5.91 Å². The number of pyridine rings is 1. The molecule has 1 aliphatic carbocycles. The number of aromatic amines is 1. The van der Waals surface area contributed by atoms with Crippen molar-refractivity contribution in [3.05, 3.63) is 44.9 Å². The number of nitrogens with zero attached hydrogens (tertiary/aromatic N) is 1. The van der Waals surface area contributed by atoms with E-state index < -0.39 is 0 Å². The summed E-state index contributed by atoms with van der Waals surface area (Å²) in [7, 11) is 0. The average molecular weight is 313 g/mol. The molecule has 0 saturated carbocycles. The average Bonchev–Trinajstić information content (AvgIpc) is 2.53. The van der Waals surface area contributed by atoms with Crippen LogP contribution in [0.3, 0.4) is 0 Å². The summed E-state index contributed by atoms with van der Waals surface area (Å²) in [4.78, 5) is 26.4. The number of rotatable bonds is 5. The standard InChI is InChI=1S/C18H23N3O2/c1-12-15(13(2)21-18(23)16(12)10-19)8-9-17(22)20-11-14-6-4-3-5-7-14/h3-4,14H,5-9,11H2,1-2H3,(H,20,22)(H,21,23)/t14-/m1/s1. The molecule has 1 aliphatic rings. The number of carbonyl (C=O) groups is 1. The second kappa shape index (κ2) is 7.77. The zero-order valence-electron chi connectivity index (χ0n) is 13.7. The van der Waals surface area contributed by atoms with Gasteiger partial charge < -0.3 is 10.3 Å². The molecule has 2 rings (SSSR count). The summed E-state index contributed by atoms with van der Waals surface area (Å²) in [5.41, 5.74) is 2.08. The highest BCUT2D eigenvalue weighted by atomic mass is 16.1. The maximum absolute atomic E-state index is 12.0. The first-order valence-corrected chi connectivity index (χ1v) is 8.07. The minimum Gasteiger partial charge on any atom is -0.356 e. The molecule has 5 heteroatoms. The molecule has 0 aromatic carbocycles. The number of nitrogens with one attached hydrogen (secondary N) is 2. The fraction of sp³-hybridized carbons (Fsp3) is 0.500. The van der Waals surface area contributed by atoms with Crippen molar-refractivity contribution in [2.75, 3.05) is 6.54 Å². The molecule has 0 unspecified atom stereocenters. The van der Waals surface area contributed by atoms with Crippen LogP contribution in [0.5, 0.6) is 0 Å². The third-order valence-corrected chi connectivity index (χ3v) is 4.49. The van der Waals surface area contributed by atoms with Gasteiger partial charge in [-0.25, -0.2) is 0 Å². The van der Waals surface area contributed by atoms with Crippen molar-refractivity contribution in [2.45, 2.75) is 46.0 Å². The predicted octanol–water partition coefficient (Wildman–Crippen LogP) is 2.27. The number of hydrogen-bond donors (Lipinski definition) is 2. The minimum atomic E-state index is -0.360. The number of aryl methyl sites for hydroxylation is 1. The number of carbonyl (C=O) groups excluding carboxylic acids is 1. The van der Waals surface area contributed by atoms with Crippen molar-refractivity contribution in [3.63, 3.8) is 0 Å². The van der Waals surface area contributed by atoms with Crippen molar-refractivity contribution in [1.29, 1.82) is 5.26 Å². The fourth-order valence-electron chi connectivity index (χ4n) is 3.05. The van der Waals surface area contributed by atoms with Gasteiger partial charge in [0.15, 0.2) is 0 Å². The quantitative estimate of drug-likeness (QED) is 0.818. The van der Waals surface area contributed by atoms with E-state index in [4.69, 9.17) is 5.26 Å². The molecule has 0 bridgehead atoms. The summed E-state index contributed by atoms with van der Waals surface area (Å²) in [6.07, 6.45) is 8.50. The molecule has 5 nitrogen and oxygen atoms in total. The normalized spacial score (nSPS) is 16.8. The summed E-state index contributed by atoms with van der Waals surface area (Å²) in [5.74, 6) is 0.550. The van der Waals surface area contributed by atoms with Crippen molar-refractivity contribution in [3.8, 4) is 6.07 Å². The first kappa shape index (κ1) is 17.0. The Morgan fingerprint density at radius 3 is 2.87 bits per heavy atom. The molecule has 2 N–H and O–H groups in total. The molecule has 1 heterocycles. The van der Waals surface area contributed by atoms with Gasteiger partial charge >= 0.3 is 0 Å². The predicted molar refractivity (Wildman–Crippen MR) is 89.1 cm³/mol. The Balaban J connectivity index is 1.93. The third kappa shape index (κ3) is 4.32. The van der Waals surface area contributed by atoms with Gasteiger partial charge in [0.1, 0.15) is 11.6 Å². The van der Waals surface area contributed by atoms with Crippen LogP contribution in [-0.4, -0.2) is 17.4 Å². The van der Waals surface area contributed by atoms with Gasteiger partial charge in [-0.2, -0.15) is 5.26 Å². The second-order valence-corrected chi connectivity index (χ2v) is 6.12. The zero-order valence-corrected chi connectivity index (χ0v) is 13.7. The van der Waals surface area contributed by atoms with Crippen molar-refractivity contribution >= 4 is 5.91 Å². The van der Waals surface area contributed by atoms with E-state index in [9.17, 15) is 9.59 Å². The molecule has 0 radical (unpaired) electrons. The number of amides is 1. The van der Waals surface area contributed by atoms with Crippen LogP contribution in [0, 0.1) is 31.1 Å². The number of hydrogen-bond acceptors (Lipinski definition) is 3. The molecule has 0 spiro atoms. The number of nitriles is 1. The van der Waals surface area contributed by atoms with Crippen molar-refractivity contribution in [1.82, 2.24) is 10.3 Å². The maximum Gasteiger partial charge on any atom is 0.266 e. The van der Waals surface area contributed by atoms with E-state index in [1.54, 1.807) is 13.8 Å². The van der Waals surface area contributed by atoms with Gasteiger partial charge in [-0.05, 0) is 56.6 Å². The highest BCUT2D eigenvalue weighted by molar-refractivity contribution is 5.76. The number of H-pyrrole nitrogens is 1. The molecular weight excluding hydrogens is 290 g/mol. The molecule has 1 atom stereocenters. The first-order chi connectivity index (χ1) is 11.0. The first-order valence-electron chi connectivity index (χ1n) is 8.07. The molecule has 23 heavy (non-hydrogen) atoms. The molecule has 1 amide bonds. The lowest BCUT2D eigenvalue weighted by Gasteiger charge is -2.18. The summed E-state index contributed by atoms with van der Waals surface area (Å²) < 4.78 is 0. The fourth-order valence-corrected chi connectivity index (χ4v) is 3.05. The van der Waals surface area contributed by atoms with Crippen LogP contribution in [0.2, 0.25) is 0 Å². The Bertz CT molecular complexity index is 710. The lowest BCUT2D eigenvalue weighted by molar-refractivity contribution is -0.121. The summed E-state index contributed by atoms with van der Waals surface area (Å²) in [5, 5.41) is 12.1. The van der Waals surface area contributed by atoms with Gasteiger partial charge in [0.05, 0.1) is 0 Å². The minimum absolute atomic E-state index is 0.0167. The monoisotopic (exact) mass is 313 g/mol. The van der Waals surface area contributed by atoms with E-state index in [0.29, 0.717) is 24.3 Å². The van der Waals surface area contributed by atoms with Crippen molar-refractivity contribution in [2.24, 2.45) is 5.92 Å². The van der Waals surface area contributed by atoms with E-state index in [1.807, 2.05) is 6.07 Å². The van der Waals surface area contributed by atoms with E-state index in [1.165, 1.54) is 0 Å². The maximum atomic E-state index is 12.0. The van der Waals surface area contributed by atoms with Crippen molar-refractivity contribution < 1.29 is 4.79 Å². The number of allylic oxidation sites excluding steroid dienone is 2. The molecule has 0 aliphatic heterocycles. The zero-order chi connectivity index (χ0) is 16.8. The highest BCUT2D eigenvalue weighted by Crippen LogP contribution is 2.17. The molecule has 0 saturated heterocycles. The molecule has 1 aromatic rings. The van der Waals surface area contributed by atoms with Crippen LogP contribution in [-0.2, 0) is 11.2 Å². The van der Waals surface area contributed by atoms with E-state index in [2.05, 4.69) is 22.5 Å². The SMILES string of the molecule is Cc1[nH]c(=O)c(C#N)c(C)c1CCC(=O)NC[C@@H]1CC=CCC1. The van der Waals surface area contributed by atoms with Crippen LogP contribution >= 0.6 is 0 Å². The molecular formula is C18H23N3O2. The third-order valence-electron chi connectivity index (χ3n) is 4.49. The van der Waals surface area contributed by atoms with Crippen LogP contribution in [0.4, 0.5) is 0 Å². The van der Waals surface area contributed by atoms with Gasteiger partial charge in [0.25, 0.3) is 5.56 Å². The van der Waals surface area contributed by atoms with E-state index in [0.717, 1.165) is 37.1 Å². The van der Waals surface area contributed by atoms with Crippen LogP contribution in [0.25, 0.3) is 0 Å². The Hall–Kier alpha value is -2.35. The Morgan fingerprint density at radius 2 is 2.22 bits per heavy atom. The molecule has 122 valence electrons. The van der Waals surface area contributed by atoms with E-state index in [-0.39, 0.29) is 17.0 Å². The Kier molecular flexibility index (Phi) is 5.75. The molecule has 1 aromatic heterocycles. The summed E-state index contributed by atoms with van der Waals surface area (Å²) >= 11 is 0. The lowest BCUT2D eigenvalue weighted by Crippen LogP contribution is -2.30. The van der Waals surface area contributed by atoms with Crippen LogP contribution in [0.1, 0.15) is 48.1 Å². The van der Waals surface area contributed by atoms with Crippen LogP contribution < -0.4 is 10.9 Å². The van der Waals surface area contributed by atoms with E-state index >= 15 is 0 Å². The summed E-state index contributed by atoms with van der Waals surface area (Å²) in [6, 6.07) is 1.94. The smallest absolute Gasteiger partial charge is 0.266 e. The highest BCUT2D eigenvalue weighted by Gasteiger charge is 2.14. The van der Waals surface area contributed by atoms with Gasteiger partial charge in [-0.3, -0.25) is 9.59 Å².